The average Bonchev–Trinajstić information content (AvgIpc) is 3.04. The molecule has 3 aromatic rings. The smallest absolute Gasteiger partial charge is 0.264 e. The van der Waals surface area contributed by atoms with Gasteiger partial charge in [-0.25, -0.2) is 10.1 Å². The minimum Gasteiger partial charge on any atom is -0.334 e. The summed E-state index contributed by atoms with van der Waals surface area (Å²) in [7, 11) is 0. The van der Waals surface area contributed by atoms with Crippen molar-refractivity contribution in [3.05, 3.63) is 63.6 Å². The maximum atomic E-state index is 12.2. The molecule has 3 rings (SSSR count). The number of halogens is 2. The molecule has 11 heteroatoms. The van der Waals surface area contributed by atoms with Crippen molar-refractivity contribution in [2.75, 3.05) is 22.3 Å². The van der Waals surface area contributed by atoms with Gasteiger partial charge in [-0.3, -0.25) is 4.79 Å². The monoisotopic (exact) mass is 449 g/mol. The largest absolute Gasteiger partial charge is 0.334 e. The number of hydrogen-bond donors (Lipinski definition) is 3. The summed E-state index contributed by atoms with van der Waals surface area (Å²) >= 11 is 13.0. The second kappa shape index (κ2) is 9.64. The van der Waals surface area contributed by atoms with Crippen LogP contribution in [0.25, 0.3) is 0 Å². The van der Waals surface area contributed by atoms with E-state index in [1.165, 1.54) is 4.68 Å². The van der Waals surface area contributed by atoms with E-state index in [2.05, 4.69) is 26.0 Å². The highest BCUT2D eigenvalue weighted by molar-refractivity contribution is 7.99. The number of hydrazone groups is 1. The molecule has 0 radical (unpaired) electrons. The van der Waals surface area contributed by atoms with Crippen molar-refractivity contribution in [1.29, 1.82) is 0 Å². The summed E-state index contributed by atoms with van der Waals surface area (Å²) in [5, 5.41) is 16.3. The van der Waals surface area contributed by atoms with Crippen molar-refractivity contribution in [3.8, 4) is 0 Å². The van der Waals surface area contributed by atoms with Crippen LogP contribution in [0.3, 0.4) is 0 Å². The van der Waals surface area contributed by atoms with E-state index in [-0.39, 0.29) is 17.6 Å². The Kier molecular flexibility index (Phi) is 6.97. The second-order valence-corrected chi connectivity index (χ2v) is 7.71. The fourth-order valence-corrected chi connectivity index (χ4v) is 3.16. The summed E-state index contributed by atoms with van der Waals surface area (Å²) < 4.78 is 1.22. The van der Waals surface area contributed by atoms with Crippen molar-refractivity contribution in [2.45, 2.75) is 12.1 Å². The zero-order valence-corrected chi connectivity index (χ0v) is 17.6. The first-order chi connectivity index (χ1) is 13.9. The highest BCUT2D eigenvalue weighted by Gasteiger charge is 2.12. The number of nitrogens with two attached hydrogens (primary N) is 1. The number of rotatable bonds is 7. The lowest BCUT2D eigenvalue weighted by Gasteiger charge is -2.08. The van der Waals surface area contributed by atoms with Crippen LogP contribution in [0.4, 0.5) is 11.6 Å². The number of aromatic nitrogens is 3. The van der Waals surface area contributed by atoms with Gasteiger partial charge in [0.2, 0.25) is 11.1 Å². The molecular weight excluding hydrogens is 433 g/mol. The Labute approximate surface area is 181 Å². The van der Waals surface area contributed by atoms with E-state index < -0.39 is 0 Å². The molecule has 1 heterocycles. The van der Waals surface area contributed by atoms with Crippen LogP contribution in [0, 0.1) is 6.92 Å². The summed E-state index contributed by atoms with van der Waals surface area (Å²) in [5.74, 6) is 6.09. The second-order valence-electron chi connectivity index (χ2n) is 5.89. The van der Waals surface area contributed by atoms with Crippen LogP contribution in [0.1, 0.15) is 11.1 Å². The molecule has 1 amide bonds. The number of hydrogen-bond acceptors (Lipinski definition) is 7. The Morgan fingerprint density at radius 3 is 2.69 bits per heavy atom. The fraction of sp³-hybridized carbons (Fsp3) is 0.111. The third-order valence-electron chi connectivity index (χ3n) is 3.72. The Balaban J connectivity index is 1.54. The quantitative estimate of drug-likeness (QED) is 0.219. The maximum Gasteiger partial charge on any atom is 0.264 e. The van der Waals surface area contributed by atoms with Crippen LogP contribution in [-0.2, 0) is 4.79 Å². The average molecular weight is 450 g/mol. The molecule has 1 aromatic heterocycles. The number of carbonyl (C=O) groups excluding carboxylic acids is 1. The topological polar surface area (TPSA) is 110 Å². The van der Waals surface area contributed by atoms with Gasteiger partial charge in [0.25, 0.3) is 5.95 Å². The summed E-state index contributed by atoms with van der Waals surface area (Å²) in [4.78, 5) is 12.2. The van der Waals surface area contributed by atoms with Crippen LogP contribution < -0.4 is 16.6 Å². The highest BCUT2D eigenvalue weighted by atomic mass is 35.5. The van der Waals surface area contributed by atoms with Gasteiger partial charge in [0, 0.05) is 15.7 Å². The molecule has 8 nitrogen and oxygen atoms in total. The van der Waals surface area contributed by atoms with Gasteiger partial charge >= 0.3 is 0 Å². The molecule has 29 heavy (non-hydrogen) atoms. The molecule has 0 spiro atoms. The molecule has 0 aliphatic carbocycles. The predicted octanol–water partition coefficient (Wildman–Crippen LogP) is 3.78. The molecule has 150 valence electrons. The molecule has 0 aliphatic rings. The van der Waals surface area contributed by atoms with E-state index in [9.17, 15) is 4.79 Å². The number of anilines is 2. The van der Waals surface area contributed by atoms with E-state index in [0.717, 1.165) is 22.9 Å². The lowest BCUT2D eigenvalue weighted by Crippen LogP contribution is -2.17. The molecular formula is C18H17Cl2N7OS. The molecule has 4 N–H and O–H groups in total. The molecule has 0 unspecified atom stereocenters. The van der Waals surface area contributed by atoms with Crippen LogP contribution in [0.5, 0.6) is 0 Å². The molecule has 0 saturated carbocycles. The molecule has 0 fully saturated rings. The lowest BCUT2D eigenvalue weighted by molar-refractivity contribution is -0.113. The summed E-state index contributed by atoms with van der Waals surface area (Å²) in [5.41, 5.74) is 5.14. The Hall–Kier alpha value is -2.75. The standard InChI is InChI=1S/C18H17Cl2N7OS/c1-11-2-5-14(20)8-15(11)23-16(28)10-29-18-26-25-17(27(18)21)24-22-9-12-3-6-13(19)7-4-12/h2-9H,10,21H2,1H3,(H,23,28)(H,24,25)/b22-9+. The number of benzene rings is 2. The van der Waals surface area contributed by atoms with Crippen molar-refractivity contribution >= 4 is 58.7 Å². The SMILES string of the molecule is Cc1ccc(Cl)cc1NC(=O)CSc1nnc(N/N=C/c2ccc(Cl)cc2)n1N. The van der Waals surface area contributed by atoms with Gasteiger partial charge in [-0.1, -0.05) is 53.2 Å². The van der Waals surface area contributed by atoms with Crippen molar-refractivity contribution < 1.29 is 4.79 Å². The minimum absolute atomic E-state index is 0.106. The highest BCUT2D eigenvalue weighted by Crippen LogP contribution is 2.21. The third-order valence-corrected chi connectivity index (χ3v) is 5.15. The van der Waals surface area contributed by atoms with Crippen LogP contribution >= 0.6 is 35.0 Å². The predicted molar refractivity (Wildman–Crippen MR) is 118 cm³/mol. The first-order valence-electron chi connectivity index (χ1n) is 8.36. The number of nitrogens with zero attached hydrogens (tertiary/aromatic N) is 4. The number of nitrogen functional groups attached to an aromatic ring is 1. The van der Waals surface area contributed by atoms with E-state index >= 15 is 0 Å². The minimum atomic E-state index is -0.210. The lowest BCUT2D eigenvalue weighted by atomic mass is 10.2. The molecule has 0 aliphatic heterocycles. The summed E-state index contributed by atoms with van der Waals surface area (Å²) in [6, 6.07) is 12.5. The van der Waals surface area contributed by atoms with Crippen LogP contribution in [-0.4, -0.2) is 32.7 Å². The van der Waals surface area contributed by atoms with Gasteiger partial charge in [-0.2, -0.15) is 5.10 Å². The van der Waals surface area contributed by atoms with Gasteiger partial charge in [0.15, 0.2) is 0 Å². The zero-order chi connectivity index (χ0) is 20.8. The van der Waals surface area contributed by atoms with Gasteiger partial charge in [-0.05, 0) is 42.3 Å². The summed E-state index contributed by atoms with van der Waals surface area (Å²) in [6.07, 6.45) is 1.60. The van der Waals surface area contributed by atoms with Crippen LogP contribution in [0.2, 0.25) is 10.0 Å². The molecule has 0 atom stereocenters. The van der Waals surface area contributed by atoms with E-state index in [1.54, 1.807) is 30.5 Å². The Morgan fingerprint density at radius 1 is 1.21 bits per heavy atom. The molecule has 2 aromatic carbocycles. The Bertz CT molecular complexity index is 1040. The zero-order valence-electron chi connectivity index (χ0n) is 15.3. The number of thioether (sulfide) groups is 1. The fourth-order valence-electron chi connectivity index (χ4n) is 2.21. The Morgan fingerprint density at radius 2 is 1.93 bits per heavy atom. The molecule has 0 bridgehead atoms. The normalized spacial score (nSPS) is 11.0. The third kappa shape index (κ3) is 5.86. The first kappa shape index (κ1) is 21.0. The molecule has 0 saturated heterocycles. The van der Waals surface area contributed by atoms with Gasteiger partial charge in [-0.15, -0.1) is 10.2 Å². The van der Waals surface area contributed by atoms with Gasteiger partial charge in [0.1, 0.15) is 0 Å². The first-order valence-corrected chi connectivity index (χ1v) is 10.1. The van der Waals surface area contributed by atoms with Crippen molar-refractivity contribution in [3.63, 3.8) is 0 Å². The van der Waals surface area contributed by atoms with E-state index in [0.29, 0.717) is 20.9 Å². The van der Waals surface area contributed by atoms with E-state index in [4.69, 9.17) is 29.0 Å². The maximum absolute atomic E-state index is 12.2. The van der Waals surface area contributed by atoms with Crippen LogP contribution in [0.15, 0.2) is 52.7 Å². The van der Waals surface area contributed by atoms with E-state index in [1.807, 2.05) is 25.1 Å². The van der Waals surface area contributed by atoms with Crippen molar-refractivity contribution in [1.82, 2.24) is 14.9 Å². The number of nitrogens with one attached hydrogen (secondary N) is 2. The number of aryl methyl sites for hydroxylation is 1. The van der Waals surface area contributed by atoms with Gasteiger partial charge in [0.05, 0.1) is 12.0 Å². The van der Waals surface area contributed by atoms with Gasteiger partial charge < -0.3 is 11.2 Å². The van der Waals surface area contributed by atoms with Crippen molar-refractivity contribution in [2.24, 2.45) is 5.10 Å². The number of amides is 1. The number of carbonyl (C=O) groups is 1. The summed E-state index contributed by atoms with van der Waals surface area (Å²) in [6.45, 7) is 1.89.